The van der Waals surface area contributed by atoms with E-state index in [1.165, 1.54) is 38.5 Å². The summed E-state index contributed by atoms with van der Waals surface area (Å²) < 4.78 is 10.9. The van der Waals surface area contributed by atoms with Crippen LogP contribution in [0.1, 0.15) is 57.1 Å². The Morgan fingerprint density at radius 2 is 1.78 bits per heavy atom. The first-order valence-electron chi connectivity index (χ1n) is 12.1. The van der Waals surface area contributed by atoms with Crippen molar-refractivity contribution in [3.05, 3.63) is 25.1 Å². The number of aromatic nitrogens is 2. The van der Waals surface area contributed by atoms with E-state index in [1.807, 2.05) is 19.0 Å². The van der Waals surface area contributed by atoms with Gasteiger partial charge in [0.1, 0.15) is 6.04 Å². The molecule has 177 valence electrons. The van der Waals surface area contributed by atoms with Gasteiger partial charge in [-0.3, -0.25) is 14.5 Å². The largest absolute Gasteiger partial charge is 0.465 e. The number of carbonyl (C=O) groups is 2. The van der Waals surface area contributed by atoms with Crippen LogP contribution in [0.25, 0.3) is 0 Å². The Bertz CT molecular complexity index is 741. The lowest BCUT2D eigenvalue weighted by molar-refractivity contribution is -0.152. The molecule has 0 amide bonds. The number of esters is 2. The van der Waals surface area contributed by atoms with Gasteiger partial charge in [-0.05, 0) is 89.1 Å². The van der Waals surface area contributed by atoms with Crippen molar-refractivity contribution in [1.29, 1.82) is 0 Å². The molecule has 4 saturated carbocycles. The molecule has 4 aliphatic rings. The molecule has 0 aromatic carbocycles. The van der Waals surface area contributed by atoms with Gasteiger partial charge < -0.3 is 14.5 Å². The summed E-state index contributed by atoms with van der Waals surface area (Å²) in [4.78, 5) is 33.8. The molecule has 32 heavy (non-hydrogen) atoms. The minimum absolute atomic E-state index is 0.131. The average Bonchev–Trinajstić information content (AvgIpc) is 3.25. The number of likely N-dealkylation sites (N-methyl/N-ethyl adjacent to an activating group) is 1. The second kappa shape index (κ2) is 9.94. The van der Waals surface area contributed by atoms with Crippen molar-refractivity contribution >= 4 is 11.9 Å². The van der Waals surface area contributed by atoms with Crippen molar-refractivity contribution in [3.8, 4) is 0 Å². The van der Waals surface area contributed by atoms with Gasteiger partial charge in [0, 0.05) is 25.0 Å². The summed E-state index contributed by atoms with van der Waals surface area (Å²) in [5, 5.41) is 0. The molecule has 1 unspecified atom stereocenters. The molecule has 0 aliphatic heterocycles. The van der Waals surface area contributed by atoms with E-state index in [0.717, 1.165) is 29.9 Å². The lowest BCUT2D eigenvalue weighted by Gasteiger charge is -2.57. The summed E-state index contributed by atoms with van der Waals surface area (Å²) in [5.74, 6) is 1.95. The number of hydrogen-bond acceptors (Lipinski definition) is 6. The maximum Gasteiger partial charge on any atom is 0.323 e. The predicted octanol–water partition coefficient (Wildman–Crippen LogP) is 3.42. The summed E-state index contributed by atoms with van der Waals surface area (Å²) in [5.41, 5.74) is 1.20. The molecule has 2 atom stereocenters. The van der Waals surface area contributed by atoms with Crippen LogP contribution in [0.4, 0.5) is 0 Å². The number of aromatic amines is 1. The second-order valence-electron chi connectivity index (χ2n) is 10.8. The van der Waals surface area contributed by atoms with Crippen LogP contribution < -0.4 is 0 Å². The maximum absolute atomic E-state index is 12.5. The number of nitrogens with zero attached hydrogens (tertiary/aromatic N) is 2. The van der Waals surface area contributed by atoms with Crippen LogP contribution in [-0.4, -0.2) is 60.2 Å². The SMILES string of the molecule is [CH2]C(COC(=O)CCC12CC3CC(CC(C3)C1)C2)COC(=O)[C@H](Cc1c[nH]cn1)N(C)C. The highest BCUT2D eigenvalue weighted by Crippen LogP contribution is 2.61. The van der Waals surface area contributed by atoms with Gasteiger partial charge in [0.25, 0.3) is 0 Å². The highest BCUT2D eigenvalue weighted by Gasteiger charge is 2.50. The number of hydrogen-bond donors (Lipinski definition) is 1. The Labute approximate surface area is 191 Å². The minimum Gasteiger partial charge on any atom is -0.465 e. The first-order chi connectivity index (χ1) is 15.3. The normalized spacial score (nSPS) is 30.3. The van der Waals surface area contributed by atoms with E-state index in [0.29, 0.717) is 18.3 Å². The number of imidazole rings is 1. The van der Waals surface area contributed by atoms with E-state index >= 15 is 0 Å². The summed E-state index contributed by atoms with van der Waals surface area (Å²) in [6.07, 6.45) is 13.5. The Morgan fingerprint density at radius 1 is 1.16 bits per heavy atom. The molecule has 4 aliphatic carbocycles. The van der Waals surface area contributed by atoms with E-state index in [-0.39, 0.29) is 31.1 Å². The lowest BCUT2D eigenvalue weighted by Crippen LogP contribution is -2.46. The third kappa shape index (κ3) is 5.72. The first kappa shape index (κ1) is 23.3. The zero-order chi connectivity index (χ0) is 22.7. The molecular weight excluding hydrogens is 406 g/mol. The van der Waals surface area contributed by atoms with Crippen molar-refractivity contribution in [1.82, 2.24) is 14.9 Å². The van der Waals surface area contributed by atoms with Crippen LogP contribution >= 0.6 is 0 Å². The van der Waals surface area contributed by atoms with Crippen molar-refractivity contribution in [2.75, 3.05) is 27.3 Å². The van der Waals surface area contributed by atoms with Gasteiger partial charge >= 0.3 is 11.9 Å². The second-order valence-corrected chi connectivity index (χ2v) is 10.8. The summed E-state index contributed by atoms with van der Waals surface area (Å²) in [6, 6.07) is -0.423. The van der Waals surface area contributed by atoms with Crippen molar-refractivity contribution in [3.63, 3.8) is 0 Å². The van der Waals surface area contributed by atoms with Gasteiger partial charge in [-0.2, -0.15) is 0 Å². The Morgan fingerprint density at radius 3 is 2.34 bits per heavy atom. The fourth-order valence-corrected chi connectivity index (χ4v) is 6.67. The Hall–Kier alpha value is -1.89. The maximum atomic E-state index is 12.5. The molecule has 7 heteroatoms. The van der Waals surface area contributed by atoms with Crippen LogP contribution in [-0.2, 0) is 25.5 Å². The monoisotopic (exact) mass is 444 g/mol. The topological polar surface area (TPSA) is 84.5 Å². The molecule has 1 radical (unpaired) electrons. The molecule has 4 fully saturated rings. The van der Waals surface area contributed by atoms with Gasteiger partial charge in [0.05, 0.1) is 25.2 Å². The highest BCUT2D eigenvalue weighted by molar-refractivity contribution is 5.76. The lowest BCUT2D eigenvalue weighted by atomic mass is 9.48. The van der Waals surface area contributed by atoms with Crippen molar-refractivity contribution < 1.29 is 19.1 Å². The van der Waals surface area contributed by atoms with Gasteiger partial charge in [-0.1, -0.05) is 0 Å². The van der Waals surface area contributed by atoms with E-state index in [2.05, 4.69) is 16.9 Å². The van der Waals surface area contributed by atoms with Gasteiger partial charge in [-0.25, -0.2) is 4.98 Å². The third-order valence-electron chi connectivity index (χ3n) is 7.82. The zero-order valence-electron chi connectivity index (χ0n) is 19.6. The van der Waals surface area contributed by atoms with Gasteiger partial charge in [0.2, 0.25) is 0 Å². The van der Waals surface area contributed by atoms with Crippen LogP contribution in [0.2, 0.25) is 0 Å². The molecule has 1 aromatic rings. The predicted molar refractivity (Wildman–Crippen MR) is 120 cm³/mol. The van der Waals surface area contributed by atoms with Crippen LogP contribution in [0.5, 0.6) is 0 Å². The molecule has 4 bridgehead atoms. The summed E-state index contributed by atoms with van der Waals surface area (Å²) >= 11 is 0. The van der Waals surface area contributed by atoms with E-state index in [4.69, 9.17) is 9.47 Å². The fraction of sp³-hybridized carbons (Fsp3) is 0.760. The Balaban J connectivity index is 1.15. The standard InChI is InChI=1S/C25H38N3O4/c1-17(15-32-24(30)22(28(2)3)9-21-13-26-16-27-21)14-31-23(29)4-5-25-10-18-6-19(11-25)8-20(7-18)12-25/h13,16-20,22H,1,4-12,14-15H2,2-3H3,(H,26,27)/t17?,18?,19?,20?,22-,25?/m0/s1. The van der Waals surface area contributed by atoms with Crippen LogP contribution in [0.3, 0.4) is 0 Å². The molecule has 1 aromatic heterocycles. The van der Waals surface area contributed by atoms with E-state index in [1.54, 1.807) is 12.5 Å². The zero-order valence-corrected chi connectivity index (χ0v) is 19.6. The van der Waals surface area contributed by atoms with Crippen LogP contribution in [0, 0.1) is 36.0 Å². The highest BCUT2D eigenvalue weighted by atomic mass is 16.5. The van der Waals surface area contributed by atoms with Gasteiger partial charge in [0.15, 0.2) is 0 Å². The molecule has 1 heterocycles. The number of nitrogens with one attached hydrogen (secondary N) is 1. The smallest absolute Gasteiger partial charge is 0.323 e. The van der Waals surface area contributed by atoms with E-state index in [9.17, 15) is 9.59 Å². The minimum atomic E-state index is -0.423. The summed E-state index contributed by atoms with van der Waals surface area (Å²) in [7, 11) is 3.68. The fourth-order valence-electron chi connectivity index (χ4n) is 6.67. The van der Waals surface area contributed by atoms with Crippen LogP contribution in [0.15, 0.2) is 12.5 Å². The third-order valence-corrected chi connectivity index (χ3v) is 7.82. The van der Waals surface area contributed by atoms with E-state index < -0.39 is 6.04 Å². The number of H-pyrrole nitrogens is 1. The molecule has 1 N–H and O–H groups in total. The molecular formula is C25H38N3O4. The Kier molecular flexibility index (Phi) is 7.23. The molecule has 0 saturated heterocycles. The number of carbonyl (C=O) groups excluding carboxylic acids is 2. The molecule has 7 nitrogen and oxygen atoms in total. The quantitative estimate of drug-likeness (QED) is 0.527. The van der Waals surface area contributed by atoms with Gasteiger partial charge in [-0.15, -0.1) is 0 Å². The average molecular weight is 445 g/mol. The number of ether oxygens (including phenoxy) is 2. The first-order valence-corrected chi connectivity index (χ1v) is 12.1. The van der Waals surface area contributed by atoms with Crippen molar-refractivity contribution in [2.24, 2.45) is 29.1 Å². The van der Waals surface area contributed by atoms with Crippen molar-refractivity contribution in [2.45, 2.75) is 63.8 Å². The number of rotatable bonds is 11. The molecule has 5 rings (SSSR count). The molecule has 0 spiro atoms. The summed E-state index contributed by atoms with van der Waals surface area (Å²) in [6.45, 7) is 4.30.